The SMILES string of the molecule is COC1(CNC(=O)c2cc(C)nc(Cl)n2)CCC1. The zero-order chi connectivity index (χ0) is 13.2. The summed E-state index contributed by atoms with van der Waals surface area (Å²) in [5, 5.41) is 2.92. The number of carbonyl (C=O) groups excluding carboxylic acids is 1. The van der Waals surface area contributed by atoms with Crippen LogP contribution in [-0.2, 0) is 4.74 Å². The maximum atomic E-state index is 11.9. The lowest BCUT2D eigenvalue weighted by Gasteiger charge is -2.40. The van der Waals surface area contributed by atoms with Crippen molar-refractivity contribution in [2.45, 2.75) is 31.8 Å². The second-order valence-electron chi connectivity index (χ2n) is 4.59. The normalized spacial score (nSPS) is 17.1. The Morgan fingerprint density at radius 1 is 1.56 bits per heavy atom. The van der Waals surface area contributed by atoms with Gasteiger partial charge in [-0.2, -0.15) is 0 Å². The highest BCUT2D eigenvalue weighted by atomic mass is 35.5. The first-order valence-corrected chi connectivity index (χ1v) is 6.27. The summed E-state index contributed by atoms with van der Waals surface area (Å²) in [6, 6.07) is 1.61. The van der Waals surface area contributed by atoms with E-state index in [-0.39, 0.29) is 22.5 Å². The zero-order valence-electron chi connectivity index (χ0n) is 10.5. The van der Waals surface area contributed by atoms with Crippen LogP contribution in [0.25, 0.3) is 0 Å². The molecule has 0 aliphatic heterocycles. The van der Waals surface area contributed by atoms with Crippen molar-refractivity contribution >= 4 is 17.5 Å². The molecule has 1 aromatic heterocycles. The number of hydrogen-bond acceptors (Lipinski definition) is 4. The minimum atomic E-state index is -0.245. The van der Waals surface area contributed by atoms with Gasteiger partial charge >= 0.3 is 0 Å². The molecule has 1 aliphatic rings. The van der Waals surface area contributed by atoms with Crippen LogP contribution >= 0.6 is 11.6 Å². The maximum absolute atomic E-state index is 11.9. The quantitative estimate of drug-likeness (QED) is 0.846. The van der Waals surface area contributed by atoms with E-state index in [0.717, 1.165) is 19.3 Å². The van der Waals surface area contributed by atoms with E-state index in [9.17, 15) is 4.79 Å². The molecule has 0 aromatic carbocycles. The number of nitrogens with one attached hydrogen (secondary N) is 1. The summed E-state index contributed by atoms with van der Waals surface area (Å²) in [7, 11) is 1.68. The topological polar surface area (TPSA) is 64.1 Å². The number of amides is 1. The zero-order valence-corrected chi connectivity index (χ0v) is 11.3. The number of aromatic nitrogens is 2. The van der Waals surface area contributed by atoms with E-state index in [2.05, 4.69) is 15.3 Å². The molecule has 2 rings (SSSR count). The lowest BCUT2D eigenvalue weighted by atomic mass is 9.80. The fourth-order valence-electron chi connectivity index (χ4n) is 2.00. The van der Waals surface area contributed by atoms with Crippen LogP contribution in [0.4, 0.5) is 0 Å². The summed E-state index contributed by atoms with van der Waals surface area (Å²) in [6.45, 7) is 2.27. The van der Waals surface area contributed by atoms with Crippen molar-refractivity contribution in [2.24, 2.45) is 0 Å². The summed E-state index contributed by atoms with van der Waals surface area (Å²) in [6.07, 6.45) is 3.10. The van der Waals surface area contributed by atoms with E-state index in [0.29, 0.717) is 12.2 Å². The van der Waals surface area contributed by atoms with Crippen molar-refractivity contribution in [2.75, 3.05) is 13.7 Å². The van der Waals surface area contributed by atoms with Gasteiger partial charge in [0.25, 0.3) is 5.91 Å². The van der Waals surface area contributed by atoms with Crippen molar-refractivity contribution in [1.82, 2.24) is 15.3 Å². The smallest absolute Gasteiger partial charge is 0.270 e. The molecule has 1 amide bonds. The third-order valence-electron chi connectivity index (χ3n) is 3.33. The van der Waals surface area contributed by atoms with Gasteiger partial charge in [0.2, 0.25) is 5.28 Å². The predicted octanol–water partition coefficient (Wildman–Crippen LogP) is 1.74. The fourth-order valence-corrected chi connectivity index (χ4v) is 2.23. The van der Waals surface area contributed by atoms with Gasteiger partial charge in [-0.25, -0.2) is 9.97 Å². The van der Waals surface area contributed by atoms with Crippen LogP contribution in [0.2, 0.25) is 5.28 Å². The average Bonchev–Trinajstić information content (AvgIpc) is 2.26. The molecule has 98 valence electrons. The number of carbonyl (C=O) groups is 1. The van der Waals surface area contributed by atoms with E-state index in [1.54, 1.807) is 20.1 Å². The van der Waals surface area contributed by atoms with Crippen molar-refractivity contribution in [1.29, 1.82) is 0 Å². The third kappa shape index (κ3) is 2.79. The molecule has 18 heavy (non-hydrogen) atoms. The summed E-state index contributed by atoms with van der Waals surface area (Å²) in [5.41, 5.74) is 0.768. The molecule has 0 spiro atoms. The van der Waals surface area contributed by atoms with Crippen molar-refractivity contribution < 1.29 is 9.53 Å². The minimum absolute atomic E-state index is 0.0882. The molecule has 1 N–H and O–H groups in total. The molecule has 5 nitrogen and oxygen atoms in total. The number of methoxy groups -OCH3 is 1. The molecule has 0 radical (unpaired) electrons. The van der Waals surface area contributed by atoms with E-state index in [1.165, 1.54) is 0 Å². The van der Waals surface area contributed by atoms with Crippen LogP contribution in [0, 0.1) is 6.92 Å². The minimum Gasteiger partial charge on any atom is -0.376 e. The number of aryl methyl sites for hydroxylation is 1. The lowest BCUT2D eigenvalue weighted by Crippen LogP contribution is -2.49. The highest BCUT2D eigenvalue weighted by Crippen LogP contribution is 2.34. The van der Waals surface area contributed by atoms with Crippen LogP contribution in [0.1, 0.15) is 35.4 Å². The molecule has 0 saturated heterocycles. The second kappa shape index (κ2) is 5.20. The van der Waals surface area contributed by atoms with Crippen LogP contribution < -0.4 is 5.32 Å². The first-order chi connectivity index (χ1) is 8.54. The number of rotatable bonds is 4. The van der Waals surface area contributed by atoms with Gasteiger partial charge in [0.1, 0.15) is 5.69 Å². The van der Waals surface area contributed by atoms with Gasteiger partial charge < -0.3 is 10.1 Å². The average molecular weight is 270 g/mol. The summed E-state index contributed by atoms with van der Waals surface area (Å²) in [5.74, 6) is -0.245. The van der Waals surface area contributed by atoms with Gasteiger partial charge in [-0.15, -0.1) is 0 Å². The Labute approximate surface area is 111 Å². The second-order valence-corrected chi connectivity index (χ2v) is 4.93. The maximum Gasteiger partial charge on any atom is 0.270 e. The molecule has 0 bridgehead atoms. The van der Waals surface area contributed by atoms with E-state index in [4.69, 9.17) is 16.3 Å². The van der Waals surface area contributed by atoms with Gasteiger partial charge in [-0.05, 0) is 43.9 Å². The van der Waals surface area contributed by atoms with Crippen LogP contribution in [0.3, 0.4) is 0 Å². The molecule has 1 aromatic rings. The Morgan fingerprint density at radius 2 is 2.28 bits per heavy atom. The highest BCUT2D eigenvalue weighted by molar-refractivity contribution is 6.28. The molecule has 1 aliphatic carbocycles. The van der Waals surface area contributed by atoms with Gasteiger partial charge in [0.15, 0.2) is 0 Å². The Balaban J connectivity index is 1.99. The van der Waals surface area contributed by atoms with Crippen molar-refractivity contribution in [3.63, 3.8) is 0 Å². The van der Waals surface area contributed by atoms with E-state index in [1.807, 2.05) is 0 Å². The molecule has 1 fully saturated rings. The van der Waals surface area contributed by atoms with Gasteiger partial charge in [-0.1, -0.05) is 0 Å². The highest BCUT2D eigenvalue weighted by Gasteiger charge is 2.37. The molecular formula is C12H16ClN3O2. The van der Waals surface area contributed by atoms with E-state index < -0.39 is 0 Å². The first kappa shape index (κ1) is 13.2. The number of halogens is 1. The van der Waals surface area contributed by atoms with Crippen LogP contribution in [-0.4, -0.2) is 35.1 Å². The molecule has 0 unspecified atom stereocenters. The van der Waals surface area contributed by atoms with Crippen LogP contribution in [0.5, 0.6) is 0 Å². The molecule has 0 atom stereocenters. The Morgan fingerprint density at radius 3 is 2.78 bits per heavy atom. The largest absolute Gasteiger partial charge is 0.376 e. The van der Waals surface area contributed by atoms with Gasteiger partial charge in [0, 0.05) is 19.3 Å². The van der Waals surface area contributed by atoms with Gasteiger partial charge in [-0.3, -0.25) is 4.79 Å². The number of hydrogen-bond donors (Lipinski definition) is 1. The standard InChI is InChI=1S/C12H16ClN3O2/c1-8-6-9(16-11(13)15-8)10(17)14-7-12(18-2)4-3-5-12/h6H,3-5,7H2,1-2H3,(H,14,17). The Kier molecular flexibility index (Phi) is 3.82. The molecular weight excluding hydrogens is 254 g/mol. The first-order valence-electron chi connectivity index (χ1n) is 5.89. The molecule has 1 saturated carbocycles. The number of nitrogens with zero attached hydrogens (tertiary/aromatic N) is 2. The lowest BCUT2D eigenvalue weighted by molar-refractivity contribution is -0.0679. The monoisotopic (exact) mass is 269 g/mol. The predicted molar refractivity (Wildman–Crippen MR) is 67.7 cm³/mol. The number of ether oxygens (including phenoxy) is 1. The Bertz CT molecular complexity index is 435. The summed E-state index contributed by atoms with van der Waals surface area (Å²) in [4.78, 5) is 19.8. The summed E-state index contributed by atoms with van der Waals surface area (Å²) >= 11 is 5.72. The third-order valence-corrected chi connectivity index (χ3v) is 3.50. The molecule has 1 heterocycles. The fraction of sp³-hybridized carbons (Fsp3) is 0.583. The van der Waals surface area contributed by atoms with Crippen LogP contribution in [0.15, 0.2) is 6.07 Å². The molecule has 6 heteroatoms. The van der Waals surface area contributed by atoms with Crippen molar-refractivity contribution in [3.8, 4) is 0 Å². The van der Waals surface area contributed by atoms with Gasteiger partial charge in [0.05, 0.1) is 5.60 Å². The van der Waals surface area contributed by atoms with Crippen molar-refractivity contribution in [3.05, 3.63) is 22.7 Å². The Hall–Kier alpha value is -1.20. The van der Waals surface area contributed by atoms with E-state index >= 15 is 0 Å². The summed E-state index contributed by atoms with van der Waals surface area (Å²) < 4.78 is 5.43.